The van der Waals surface area contributed by atoms with E-state index in [0.717, 1.165) is 28.4 Å². The van der Waals surface area contributed by atoms with E-state index in [4.69, 9.17) is 4.42 Å². The van der Waals surface area contributed by atoms with Crippen LogP contribution in [0.3, 0.4) is 0 Å². The lowest BCUT2D eigenvalue weighted by Gasteiger charge is -2.08. The molecule has 2 heteroatoms. The third-order valence-corrected chi connectivity index (χ3v) is 9.62. The van der Waals surface area contributed by atoms with Gasteiger partial charge in [0.15, 0.2) is 0 Å². The van der Waals surface area contributed by atoms with Crippen molar-refractivity contribution >= 4 is 43.7 Å². The highest BCUT2D eigenvalue weighted by molar-refractivity contribution is 6.11. The third-order valence-electron chi connectivity index (χ3n) is 9.62. The standard InChI is InChI=1S/C43H27NO/c1-2-9-33(10-3-1)44-40-13-7-6-12-36(40)37-24-28(15-19-41(37)44)30-17-21-43-39(26-30)38-25-29(16-20-42(38)45-43)27-14-18-35-32(22-27)23-31-8-4-5-11-34(31)35/h1-22,24-26H,23H2. The second-order valence-corrected chi connectivity index (χ2v) is 12.1. The first-order valence-corrected chi connectivity index (χ1v) is 15.6. The van der Waals surface area contributed by atoms with Crippen molar-refractivity contribution in [3.05, 3.63) is 163 Å². The maximum atomic E-state index is 6.33. The predicted molar refractivity (Wildman–Crippen MR) is 187 cm³/mol. The molecule has 10 rings (SSSR count). The molecule has 1 aliphatic carbocycles. The monoisotopic (exact) mass is 573 g/mol. The number of para-hydroxylation sites is 2. The second kappa shape index (κ2) is 9.32. The summed E-state index contributed by atoms with van der Waals surface area (Å²) in [5, 5.41) is 4.81. The molecule has 9 aromatic rings. The number of hydrogen-bond acceptors (Lipinski definition) is 1. The van der Waals surface area contributed by atoms with Gasteiger partial charge in [0.25, 0.3) is 0 Å². The zero-order valence-electron chi connectivity index (χ0n) is 24.5. The summed E-state index contributed by atoms with van der Waals surface area (Å²) in [5.74, 6) is 0. The first-order valence-electron chi connectivity index (χ1n) is 15.6. The molecular weight excluding hydrogens is 546 g/mol. The molecule has 0 fully saturated rings. The van der Waals surface area contributed by atoms with Crippen LogP contribution in [0.25, 0.3) is 82.8 Å². The molecule has 0 amide bonds. The van der Waals surface area contributed by atoms with Crippen molar-refractivity contribution in [2.24, 2.45) is 0 Å². The Morgan fingerprint density at radius 2 is 0.978 bits per heavy atom. The summed E-state index contributed by atoms with van der Waals surface area (Å²) in [6, 6.07) is 55.0. The molecule has 210 valence electrons. The molecule has 2 heterocycles. The Morgan fingerprint density at radius 3 is 1.78 bits per heavy atom. The van der Waals surface area contributed by atoms with Crippen LogP contribution in [0.1, 0.15) is 11.1 Å². The van der Waals surface area contributed by atoms with Crippen molar-refractivity contribution in [2.75, 3.05) is 0 Å². The number of rotatable bonds is 3. The van der Waals surface area contributed by atoms with Crippen LogP contribution in [0.5, 0.6) is 0 Å². The molecule has 0 saturated carbocycles. The third kappa shape index (κ3) is 3.69. The summed E-state index contributed by atoms with van der Waals surface area (Å²) < 4.78 is 8.69. The van der Waals surface area contributed by atoms with Crippen LogP contribution in [0.4, 0.5) is 0 Å². The Morgan fingerprint density at radius 1 is 0.400 bits per heavy atom. The smallest absolute Gasteiger partial charge is 0.135 e. The van der Waals surface area contributed by atoms with Crippen molar-refractivity contribution in [2.45, 2.75) is 6.42 Å². The minimum atomic E-state index is 0.914. The topological polar surface area (TPSA) is 18.1 Å². The number of benzene rings is 7. The Balaban J connectivity index is 1.09. The van der Waals surface area contributed by atoms with Gasteiger partial charge in [-0.25, -0.2) is 0 Å². The van der Waals surface area contributed by atoms with E-state index >= 15 is 0 Å². The molecule has 2 aromatic heterocycles. The van der Waals surface area contributed by atoms with Crippen molar-refractivity contribution in [1.29, 1.82) is 0 Å². The minimum Gasteiger partial charge on any atom is -0.456 e. The Kier molecular flexibility index (Phi) is 5.09. The first kappa shape index (κ1) is 24.6. The summed E-state index contributed by atoms with van der Waals surface area (Å²) in [4.78, 5) is 0. The van der Waals surface area contributed by atoms with Gasteiger partial charge >= 0.3 is 0 Å². The zero-order chi connectivity index (χ0) is 29.5. The number of aromatic nitrogens is 1. The van der Waals surface area contributed by atoms with E-state index in [1.54, 1.807) is 0 Å². The lowest BCUT2D eigenvalue weighted by Crippen LogP contribution is -1.92. The van der Waals surface area contributed by atoms with E-state index in [1.165, 1.54) is 72.0 Å². The largest absolute Gasteiger partial charge is 0.456 e. The number of nitrogens with zero attached hydrogens (tertiary/aromatic N) is 1. The van der Waals surface area contributed by atoms with Crippen LogP contribution >= 0.6 is 0 Å². The molecule has 45 heavy (non-hydrogen) atoms. The van der Waals surface area contributed by atoms with Crippen LogP contribution in [0, 0.1) is 0 Å². The minimum absolute atomic E-state index is 0.914. The predicted octanol–water partition coefficient (Wildman–Crippen LogP) is 11.6. The molecule has 0 bridgehead atoms. The van der Waals surface area contributed by atoms with E-state index in [9.17, 15) is 0 Å². The Labute approximate surface area is 260 Å². The van der Waals surface area contributed by atoms with E-state index < -0.39 is 0 Å². The van der Waals surface area contributed by atoms with Gasteiger partial charge in [-0.05, 0) is 106 Å². The Hall–Kier alpha value is -5.86. The molecule has 0 N–H and O–H groups in total. The normalized spacial score (nSPS) is 12.4. The quantitative estimate of drug-likeness (QED) is 0.206. The van der Waals surface area contributed by atoms with E-state index in [2.05, 4.69) is 156 Å². The number of hydrogen-bond donors (Lipinski definition) is 0. The van der Waals surface area contributed by atoms with Gasteiger partial charge in [0.2, 0.25) is 0 Å². The lowest BCUT2D eigenvalue weighted by atomic mass is 9.97. The molecular formula is C43H27NO. The highest BCUT2D eigenvalue weighted by Crippen LogP contribution is 2.41. The van der Waals surface area contributed by atoms with Gasteiger partial charge in [-0.3, -0.25) is 0 Å². The average molecular weight is 574 g/mol. The van der Waals surface area contributed by atoms with Gasteiger partial charge in [0.05, 0.1) is 11.0 Å². The molecule has 2 nitrogen and oxygen atoms in total. The molecule has 1 aliphatic rings. The van der Waals surface area contributed by atoms with Gasteiger partial charge < -0.3 is 8.98 Å². The molecule has 0 unspecified atom stereocenters. The van der Waals surface area contributed by atoms with Crippen molar-refractivity contribution in [1.82, 2.24) is 4.57 Å². The SMILES string of the molecule is c1ccc(-n2c3ccccc3c3cc(-c4ccc5oc6ccc(-c7ccc8c(c7)Cc7ccccc7-8)cc6c5c4)ccc32)cc1. The highest BCUT2D eigenvalue weighted by Gasteiger charge is 2.19. The van der Waals surface area contributed by atoms with Crippen molar-refractivity contribution < 1.29 is 4.42 Å². The van der Waals surface area contributed by atoms with Crippen LogP contribution in [-0.2, 0) is 6.42 Å². The van der Waals surface area contributed by atoms with Gasteiger partial charge in [-0.15, -0.1) is 0 Å². The molecule has 0 aliphatic heterocycles. The highest BCUT2D eigenvalue weighted by atomic mass is 16.3. The maximum Gasteiger partial charge on any atom is 0.135 e. The zero-order valence-corrected chi connectivity index (χ0v) is 24.5. The van der Waals surface area contributed by atoms with Crippen molar-refractivity contribution in [3.8, 4) is 39.1 Å². The molecule has 0 radical (unpaired) electrons. The van der Waals surface area contributed by atoms with Crippen LogP contribution < -0.4 is 0 Å². The van der Waals surface area contributed by atoms with Crippen LogP contribution in [0.15, 0.2) is 156 Å². The molecule has 0 spiro atoms. The summed E-state index contributed by atoms with van der Waals surface area (Å²) in [6.07, 6.45) is 0.994. The van der Waals surface area contributed by atoms with E-state index in [0.29, 0.717) is 0 Å². The van der Waals surface area contributed by atoms with Gasteiger partial charge in [0, 0.05) is 27.2 Å². The molecule has 7 aromatic carbocycles. The molecule has 0 atom stereocenters. The first-order chi connectivity index (χ1) is 22.3. The summed E-state index contributed by atoms with van der Waals surface area (Å²) in [7, 11) is 0. The lowest BCUT2D eigenvalue weighted by molar-refractivity contribution is 0.669. The summed E-state index contributed by atoms with van der Waals surface area (Å²) in [5.41, 5.74) is 15.8. The van der Waals surface area contributed by atoms with Crippen molar-refractivity contribution in [3.63, 3.8) is 0 Å². The van der Waals surface area contributed by atoms with E-state index in [1.807, 2.05) is 0 Å². The second-order valence-electron chi connectivity index (χ2n) is 12.1. The average Bonchev–Trinajstić information content (AvgIpc) is 3.76. The number of fused-ring (bicyclic) bond motifs is 9. The van der Waals surface area contributed by atoms with Gasteiger partial charge in [-0.1, -0.05) is 97.1 Å². The Bertz CT molecular complexity index is 2620. The van der Waals surface area contributed by atoms with Crippen LogP contribution in [0.2, 0.25) is 0 Å². The maximum absolute atomic E-state index is 6.33. The van der Waals surface area contributed by atoms with Crippen LogP contribution in [-0.4, -0.2) is 4.57 Å². The summed E-state index contributed by atoms with van der Waals surface area (Å²) >= 11 is 0. The summed E-state index contributed by atoms with van der Waals surface area (Å²) in [6.45, 7) is 0. The fourth-order valence-electron chi connectivity index (χ4n) is 7.47. The molecule has 0 saturated heterocycles. The van der Waals surface area contributed by atoms with Gasteiger partial charge in [-0.2, -0.15) is 0 Å². The van der Waals surface area contributed by atoms with Gasteiger partial charge in [0.1, 0.15) is 11.2 Å². The van der Waals surface area contributed by atoms with E-state index in [-0.39, 0.29) is 0 Å². The number of furan rings is 1. The fourth-order valence-corrected chi connectivity index (χ4v) is 7.47. The fraction of sp³-hybridized carbons (Fsp3) is 0.0233.